The van der Waals surface area contributed by atoms with E-state index in [-0.39, 0.29) is 36.4 Å². The molecule has 38 heavy (non-hydrogen) atoms. The Balaban J connectivity index is 1.28. The van der Waals surface area contributed by atoms with Crippen LogP contribution in [0.3, 0.4) is 0 Å². The molecule has 0 aromatic carbocycles. The van der Waals surface area contributed by atoms with E-state index in [0.717, 1.165) is 48.0 Å². The minimum absolute atomic E-state index is 0.263. The lowest BCUT2D eigenvalue weighted by molar-refractivity contribution is -0.146. The number of aromatic hydroxyl groups is 4. The summed E-state index contributed by atoms with van der Waals surface area (Å²) >= 11 is 0. The summed E-state index contributed by atoms with van der Waals surface area (Å²) in [5, 5.41) is 37.8. The van der Waals surface area contributed by atoms with E-state index in [1.54, 1.807) is 0 Å². The van der Waals surface area contributed by atoms with Crippen LogP contribution >= 0.6 is 0 Å². The highest BCUT2D eigenvalue weighted by Gasteiger charge is 2.12. The van der Waals surface area contributed by atoms with Crippen LogP contribution in [0, 0.1) is 0 Å². The van der Waals surface area contributed by atoms with Crippen molar-refractivity contribution in [3.63, 3.8) is 0 Å². The molecule has 10 nitrogen and oxygen atoms in total. The molecule has 0 bridgehead atoms. The van der Waals surface area contributed by atoms with E-state index in [2.05, 4.69) is 0 Å². The van der Waals surface area contributed by atoms with Crippen LogP contribution in [0.1, 0.15) is 116 Å². The zero-order chi connectivity index (χ0) is 27.6. The lowest BCUT2D eigenvalue weighted by Crippen LogP contribution is -2.18. The van der Waals surface area contributed by atoms with Crippen molar-refractivity contribution in [2.45, 2.75) is 116 Å². The van der Waals surface area contributed by atoms with Crippen LogP contribution in [0.25, 0.3) is 0 Å². The molecule has 0 fully saturated rings. The molecular formula is C28H44N2O8. The van der Waals surface area contributed by atoms with Gasteiger partial charge in [0.2, 0.25) is 23.5 Å². The molecule has 0 saturated heterocycles. The van der Waals surface area contributed by atoms with Crippen LogP contribution in [-0.2, 0) is 9.59 Å². The zero-order valence-corrected chi connectivity index (χ0v) is 22.4. The number of carbonyl (C=O) groups excluding carboxylic acids is 2. The fourth-order valence-corrected chi connectivity index (χ4v) is 4.30. The third-order valence-corrected chi connectivity index (χ3v) is 6.49. The summed E-state index contributed by atoms with van der Waals surface area (Å²) in [7, 11) is 0. The minimum atomic E-state index is -0.470. The monoisotopic (exact) mass is 536 g/mol. The molecule has 0 spiro atoms. The summed E-state index contributed by atoms with van der Waals surface area (Å²) in [5.74, 6) is -2.16. The molecule has 0 radical (unpaired) electrons. The van der Waals surface area contributed by atoms with Gasteiger partial charge < -0.3 is 30.1 Å². The first-order chi connectivity index (χ1) is 18.4. The SMILES string of the molecule is O=C(CCCCCCCCCCCCCCCCCCC(=O)On1c(O)ccc1O)On1c(O)ccc1O. The molecule has 0 saturated carbocycles. The second kappa shape index (κ2) is 18.0. The van der Waals surface area contributed by atoms with Crippen molar-refractivity contribution in [3.8, 4) is 23.5 Å². The highest BCUT2D eigenvalue weighted by Crippen LogP contribution is 2.20. The van der Waals surface area contributed by atoms with Crippen LogP contribution in [0.15, 0.2) is 24.3 Å². The van der Waals surface area contributed by atoms with E-state index in [1.165, 1.54) is 88.5 Å². The largest absolute Gasteiger partial charge is 0.492 e. The second-order valence-corrected chi connectivity index (χ2v) is 9.77. The number of hydrogen-bond acceptors (Lipinski definition) is 8. The molecule has 2 aromatic rings. The van der Waals surface area contributed by atoms with E-state index >= 15 is 0 Å². The van der Waals surface area contributed by atoms with Gasteiger partial charge in [-0.3, -0.25) is 0 Å². The van der Waals surface area contributed by atoms with Crippen LogP contribution in [-0.4, -0.2) is 41.8 Å². The molecule has 2 aromatic heterocycles. The molecule has 0 unspecified atom stereocenters. The highest BCUT2D eigenvalue weighted by atomic mass is 16.7. The predicted octanol–water partition coefficient (Wildman–Crippen LogP) is 5.74. The van der Waals surface area contributed by atoms with E-state index in [9.17, 15) is 30.0 Å². The van der Waals surface area contributed by atoms with Crippen molar-refractivity contribution in [1.29, 1.82) is 0 Å². The Morgan fingerprint density at radius 3 is 0.895 bits per heavy atom. The maximum Gasteiger partial charge on any atom is 0.333 e. The maximum absolute atomic E-state index is 11.8. The molecule has 2 rings (SSSR count). The first-order valence-electron chi connectivity index (χ1n) is 14.0. The molecule has 0 amide bonds. The van der Waals surface area contributed by atoms with Crippen molar-refractivity contribution in [2.75, 3.05) is 0 Å². The van der Waals surface area contributed by atoms with Crippen molar-refractivity contribution in [3.05, 3.63) is 24.3 Å². The van der Waals surface area contributed by atoms with E-state index in [0.29, 0.717) is 0 Å². The van der Waals surface area contributed by atoms with Gasteiger partial charge in [-0.1, -0.05) is 89.9 Å². The minimum Gasteiger partial charge on any atom is -0.492 e. The van der Waals surface area contributed by atoms with Gasteiger partial charge in [0.25, 0.3) is 0 Å². The average molecular weight is 537 g/mol. The fourth-order valence-electron chi connectivity index (χ4n) is 4.30. The van der Waals surface area contributed by atoms with Gasteiger partial charge in [-0.25, -0.2) is 9.59 Å². The molecule has 0 aliphatic carbocycles. The molecule has 0 atom stereocenters. The third kappa shape index (κ3) is 12.3. The lowest BCUT2D eigenvalue weighted by Gasteiger charge is -2.07. The van der Waals surface area contributed by atoms with E-state index < -0.39 is 11.9 Å². The molecule has 0 aliphatic rings. The number of carbonyl (C=O) groups is 2. The zero-order valence-electron chi connectivity index (χ0n) is 22.4. The first-order valence-corrected chi connectivity index (χ1v) is 14.0. The smallest absolute Gasteiger partial charge is 0.333 e. The van der Waals surface area contributed by atoms with Crippen molar-refractivity contribution >= 4 is 11.9 Å². The van der Waals surface area contributed by atoms with Gasteiger partial charge in [-0.15, -0.1) is 9.46 Å². The van der Waals surface area contributed by atoms with Gasteiger partial charge in [-0.2, -0.15) is 0 Å². The summed E-state index contributed by atoms with van der Waals surface area (Å²) in [4.78, 5) is 33.4. The molecular weight excluding hydrogens is 492 g/mol. The molecule has 214 valence electrons. The van der Waals surface area contributed by atoms with Gasteiger partial charge in [-0.05, 0) is 12.8 Å². The van der Waals surface area contributed by atoms with Crippen LogP contribution in [0.2, 0.25) is 0 Å². The standard InChI is InChI=1S/C28H44N2O8/c31-23-19-20-24(32)29(23)37-27(35)17-15-13-11-9-7-5-3-1-2-4-6-8-10-12-14-16-18-28(36)38-30-25(33)21-22-26(30)34/h19-22,31-34H,1-18H2. The summed E-state index contributed by atoms with van der Waals surface area (Å²) in [5.41, 5.74) is 0. The van der Waals surface area contributed by atoms with Gasteiger partial charge in [0.15, 0.2) is 0 Å². The Kier molecular flexibility index (Phi) is 14.7. The lowest BCUT2D eigenvalue weighted by atomic mass is 10.0. The Morgan fingerprint density at radius 1 is 0.447 bits per heavy atom. The second-order valence-electron chi connectivity index (χ2n) is 9.77. The quantitative estimate of drug-likeness (QED) is 0.148. The van der Waals surface area contributed by atoms with Gasteiger partial charge >= 0.3 is 11.9 Å². The topological polar surface area (TPSA) is 143 Å². The van der Waals surface area contributed by atoms with Crippen LogP contribution in [0.5, 0.6) is 23.5 Å². The van der Waals surface area contributed by atoms with Crippen molar-refractivity contribution in [2.24, 2.45) is 0 Å². The molecule has 0 aliphatic heterocycles. The van der Waals surface area contributed by atoms with Gasteiger partial charge in [0.1, 0.15) is 0 Å². The Bertz CT molecular complexity index is 838. The van der Waals surface area contributed by atoms with Crippen LogP contribution < -0.4 is 9.68 Å². The average Bonchev–Trinajstić information content (AvgIpc) is 3.38. The summed E-state index contributed by atoms with van der Waals surface area (Å²) in [6.45, 7) is 0. The van der Waals surface area contributed by atoms with Crippen molar-refractivity contribution in [1.82, 2.24) is 9.46 Å². The summed E-state index contributed by atoms with van der Waals surface area (Å²) in [6.07, 6.45) is 18.5. The third-order valence-electron chi connectivity index (χ3n) is 6.49. The fraction of sp³-hybridized carbons (Fsp3) is 0.643. The summed E-state index contributed by atoms with van der Waals surface area (Å²) in [6, 6.07) is 5.03. The van der Waals surface area contributed by atoms with Gasteiger partial charge in [0.05, 0.1) is 0 Å². The predicted molar refractivity (Wildman–Crippen MR) is 142 cm³/mol. The number of aromatic nitrogens is 2. The molecule has 4 N–H and O–H groups in total. The number of unbranched alkanes of at least 4 members (excludes halogenated alkanes) is 15. The molecule has 10 heteroatoms. The number of nitrogens with zero attached hydrogens (tertiary/aromatic N) is 2. The summed E-state index contributed by atoms with van der Waals surface area (Å²) < 4.78 is 1.45. The van der Waals surface area contributed by atoms with Crippen molar-refractivity contribution < 1.29 is 39.7 Å². The first kappa shape index (κ1) is 30.9. The Labute approximate surface area is 224 Å². The molecule has 2 heterocycles. The van der Waals surface area contributed by atoms with Gasteiger partial charge in [0, 0.05) is 37.1 Å². The van der Waals surface area contributed by atoms with Crippen LogP contribution in [0.4, 0.5) is 0 Å². The maximum atomic E-state index is 11.8. The highest BCUT2D eigenvalue weighted by molar-refractivity contribution is 5.70. The van der Waals surface area contributed by atoms with E-state index in [4.69, 9.17) is 9.68 Å². The number of rotatable bonds is 21. The Morgan fingerprint density at radius 2 is 0.658 bits per heavy atom. The van der Waals surface area contributed by atoms with E-state index in [1.807, 2.05) is 0 Å². The number of hydrogen-bond donors (Lipinski definition) is 4. The Hall–Kier alpha value is -3.30. The normalized spacial score (nSPS) is 11.1.